The molecule has 3 N–H and O–H groups in total. The molecule has 0 radical (unpaired) electrons. The number of anilines is 1. The second kappa shape index (κ2) is 5.40. The molecule has 2 unspecified atom stereocenters. The van der Waals surface area contributed by atoms with Gasteiger partial charge < -0.3 is 15.7 Å². The summed E-state index contributed by atoms with van der Waals surface area (Å²) in [5.41, 5.74) is 1.59. The molecule has 1 fully saturated rings. The number of phenols is 1. The molecule has 1 saturated heterocycles. The van der Waals surface area contributed by atoms with E-state index >= 15 is 0 Å². The highest BCUT2D eigenvalue weighted by Crippen LogP contribution is 2.25. The van der Waals surface area contributed by atoms with Crippen LogP contribution in [0.5, 0.6) is 5.75 Å². The van der Waals surface area contributed by atoms with Crippen LogP contribution in [0, 0.1) is 5.92 Å². The summed E-state index contributed by atoms with van der Waals surface area (Å²) in [5, 5.41) is 15.7. The predicted octanol–water partition coefficient (Wildman–Crippen LogP) is 1.89. The molecule has 1 heterocycles. The van der Waals surface area contributed by atoms with Gasteiger partial charge in [0.1, 0.15) is 5.75 Å². The smallest absolute Gasteiger partial charge is 0.241 e. The first-order valence-electron chi connectivity index (χ1n) is 6.48. The average molecular weight is 248 g/mol. The standard InChI is InChI=1S/C14H20N2O2/c1-3-10-4-5-12(17)11(8-10)16-14(18)13-9(2)6-7-15-13/h4-5,8-9,13,15,17H,3,6-7H2,1-2H3,(H,16,18). The maximum atomic E-state index is 12.1. The van der Waals surface area contributed by atoms with Crippen molar-refractivity contribution in [2.24, 2.45) is 5.92 Å². The van der Waals surface area contributed by atoms with Gasteiger partial charge in [0, 0.05) is 0 Å². The van der Waals surface area contributed by atoms with Crippen LogP contribution >= 0.6 is 0 Å². The van der Waals surface area contributed by atoms with Gasteiger partial charge in [-0.15, -0.1) is 0 Å². The fourth-order valence-electron chi connectivity index (χ4n) is 2.30. The largest absolute Gasteiger partial charge is 0.506 e. The number of carbonyl (C=O) groups excluding carboxylic acids is 1. The number of amides is 1. The minimum absolute atomic E-state index is 0.0662. The Morgan fingerprint density at radius 3 is 2.94 bits per heavy atom. The van der Waals surface area contributed by atoms with E-state index in [-0.39, 0.29) is 17.7 Å². The van der Waals surface area contributed by atoms with Crippen LogP contribution in [-0.2, 0) is 11.2 Å². The lowest BCUT2D eigenvalue weighted by Crippen LogP contribution is -2.39. The molecule has 18 heavy (non-hydrogen) atoms. The number of benzene rings is 1. The molecule has 0 saturated carbocycles. The van der Waals surface area contributed by atoms with E-state index in [9.17, 15) is 9.90 Å². The summed E-state index contributed by atoms with van der Waals surface area (Å²) < 4.78 is 0. The van der Waals surface area contributed by atoms with Crippen molar-refractivity contribution < 1.29 is 9.90 Å². The molecule has 2 rings (SSSR count). The molecular weight excluding hydrogens is 228 g/mol. The van der Waals surface area contributed by atoms with Crippen LogP contribution in [0.3, 0.4) is 0 Å². The molecule has 98 valence electrons. The van der Waals surface area contributed by atoms with Gasteiger partial charge in [-0.25, -0.2) is 0 Å². The molecule has 0 bridgehead atoms. The van der Waals surface area contributed by atoms with Gasteiger partial charge in [-0.2, -0.15) is 0 Å². The monoisotopic (exact) mass is 248 g/mol. The van der Waals surface area contributed by atoms with Gasteiger partial charge in [-0.3, -0.25) is 4.79 Å². The molecular formula is C14H20N2O2. The van der Waals surface area contributed by atoms with Gasteiger partial charge in [0.25, 0.3) is 0 Å². The third-order valence-electron chi connectivity index (χ3n) is 3.54. The van der Waals surface area contributed by atoms with Crippen LogP contribution < -0.4 is 10.6 Å². The Balaban J connectivity index is 2.11. The van der Waals surface area contributed by atoms with Crippen LogP contribution in [-0.4, -0.2) is 23.6 Å². The van der Waals surface area contributed by atoms with E-state index < -0.39 is 0 Å². The minimum Gasteiger partial charge on any atom is -0.506 e. The Morgan fingerprint density at radius 1 is 1.56 bits per heavy atom. The lowest BCUT2D eigenvalue weighted by atomic mass is 10.0. The summed E-state index contributed by atoms with van der Waals surface area (Å²) in [6.07, 6.45) is 1.89. The molecule has 1 aromatic carbocycles. The first-order chi connectivity index (χ1) is 8.61. The number of hydrogen-bond acceptors (Lipinski definition) is 3. The van der Waals surface area contributed by atoms with Crippen molar-refractivity contribution in [1.29, 1.82) is 0 Å². The number of aryl methyl sites for hydroxylation is 1. The van der Waals surface area contributed by atoms with Crippen molar-refractivity contribution in [3.63, 3.8) is 0 Å². The molecule has 1 aromatic rings. The van der Waals surface area contributed by atoms with Crippen molar-refractivity contribution in [2.45, 2.75) is 32.7 Å². The topological polar surface area (TPSA) is 61.4 Å². The van der Waals surface area contributed by atoms with Gasteiger partial charge in [0.2, 0.25) is 5.91 Å². The van der Waals surface area contributed by atoms with E-state index in [1.54, 1.807) is 6.07 Å². The summed E-state index contributed by atoms with van der Waals surface area (Å²) in [5.74, 6) is 0.385. The minimum atomic E-state index is -0.158. The zero-order valence-corrected chi connectivity index (χ0v) is 10.9. The molecule has 0 spiro atoms. The molecule has 0 aliphatic carbocycles. The van der Waals surface area contributed by atoms with Crippen molar-refractivity contribution in [1.82, 2.24) is 5.32 Å². The molecule has 1 aliphatic rings. The summed E-state index contributed by atoms with van der Waals surface area (Å²) >= 11 is 0. The SMILES string of the molecule is CCc1ccc(O)c(NC(=O)C2NCCC2C)c1. The quantitative estimate of drug-likeness (QED) is 0.716. The van der Waals surface area contributed by atoms with Crippen molar-refractivity contribution in [3.05, 3.63) is 23.8 Å². The zero-order valence-electron chi connectivity index (χ0n) is 10.9. The highest BCUT2D eigenvalue weighted by atomic mass is 16.3. The van der Waals surface area contributed by atoms with Gasteiger partial charge in [0.15, 0.2) is 0 Å². The van der Waals surface area contributed by atoms with Crippen LogP contribution in [0.1, 0.15) is 25.8 Å². The lowest BCUT2D eigenvalue weighted by molar-refractivity contribution is -0.118. The average Bonchev–Trinajstić information content (AvgIpc) is 2.78. The number of phenolic OH excluding ortho intramolecular Hbond substituents is 1. The van der Waals surface area contributed by atoms with E-state index in [4.69, 9.17) is 0 Å². The Bertz CT molecular complexity index is 445. The maximum absolute atomic E-state index is 12.1. The second-order valence-corrected chi connectivity index (χ2v) is 4.89. The molecule has 4 heteroatoms. The van der Waals surface area contributed by atoms with Gasteiger partial charge in [-0.1, -0.05) is 19.9 Å². The van der Waals surface area contributed by atoms with Gasteiger partial charge >= 0.3 is 0 Å². The van der Waals surface area contributed by atoms with Crippen LogP contribution in [0.4, 0.5) is 5.69 Å². The number of carbonyl (C=O) groups is 1. The van der Waals surface area contributed by atoms with E-state index in [1.165, 1.54) is 0 Å². The first-order valence-corrected chi connectivity index (χ1v) is 6.48. The van der Waals surface area contributed by atoms with Crippen LogP contribution in [0.25, 0.3) is 0 Å². The summed E-state index contributed by atoms with van der Waals surface area (Å²) in [6.45, 7) is 4.98. The molecule has 1 aliphatic heterocycles. The van der Waals surface area contributed by atoms with Gasteiger partial charge in [-0.05, 0) is 43.0 Å². The Hall–Kier alpha value is -1.55. The Labute approximate surface area is 107 Å². The third-order valence-corrected chi connectivity index (χ3v) is 3.54. The van der Waals surface area contributed by atoms with E-state index in [0.29, 0.717) is 11.6 Å². The van der Waals surface area contributed by atoms with Gasteiger partial charge in [0.05, 0.1) is 11.7 Å². The molecule has 4 nitrogen and oxygen atoms in total. The number of aromatic hydroxyl groups is 1. The molecule has 0 aromatic heterocycles. The van der Waals surface area contributed by atoms with E-state index in [0.717, 1.165) is 24.9 Å². The Morgan fingerprint density at radius 2 is 2.33 bits per heavy atom. The normalized spacial score (nSPS) is 23.0. The second-order valence-electron chi connectivity index (χ2n) is 4.89. The fourth-order valence-corrected chi connectivity index (χ4v) is 2.30. The van der Waals surface area contributed by atoms with Crippen molar-refractivity contribution in [3.8, 4) is 5.75 Å². The first kappa shape index (κ1) is 12.9. The highest BCUT2D eigenvalue weighted by molar-refractivity contribution is 5.96. The van der Waals surface area contributed by atoms with Crippen molar-refractivity contribution >= 4 is 11.6 Å². The highest BCUT2D eigenvalue weighted by Gasteiger charge is 2.29. The number of rotatable bonds is 3. The number of nitrogens with one attached hydrogen (secondary N) is 2. The van der Waals surface area contributed by atoms with Crippen LogP contribution in [0.15, 0.2) is 18.2 Å². The zero-order chi connectivity index (χ0) is 13.1. The maximum Gasteiger partial charge on any atom is 0.241 e. The Kier molecular flexibility index (Phi) is 3.87. The summed E-state index contributed by atoms with van der Waals surface area (Å²) in [4.78, 5) is 12.1. The van der Waals surface area contributed by atoms with Crippen LogP contribution in [0.2, 0.25) is 0 Å². The van der Waals surface area contributed by atoms with E-state index in [2.05, 4.69) is 17.6 Å². The van der Waals surface area contributed by atoms with Crippen molar-refractivity contribution in [2.75, 3.05) is 11.9 Å². The van der Waals surface area contributed by atoms with E-state index in [1.807, 2.05) is 19.1 Å². The summed E-state index contributed by atoms with van der Waals surface area (Å²) in [7, 11) is 0. The molecule has 1 amide bonds. The molecule has 2 atom stereocenters. The fraction of sp³-hybridized carbons (Fsp3) is 0.500. The summed E-state index contributed by atoms with van der Waals surface area (Å²) in [6, 6.07) is 5.16. The predicted molar refractivity (Wildman–Crippen MR) is 71.7 cm³/mol. The number of hydrogen-bond donors (Lipinski definition) is 3. The lowest BCUT2D eigenvalue weighted by Gasteiger charge is -2.16. The third kappa shape index (κ3) is 2.64.